The minimum absolute atomic E-state index is 0.0569. The van der Waals surface area contributed by atoms with Gasteiger partial charge >= 0.3 is 5.97 Å². The van der Waals surface area contributed by atoms with Crippen molar-refractivity contribution in [1.82, 2.24) is 4.98 Å². The van der Waals surface area contributed by atoms with Crippen molar-refractivity contribution in [3.05, 3.63) is 47.7 Å². The normalized spacial score (nSPS) is 10.1. The molecule has 0 fully saturated rings. The summed E-state index contributed by atoms with van der Waals surface area (Å²) in [6.45, 7) is 1.76. The Morgan fingerprint density at radius 2 is 2.10 bits per heavy atom. The number of carbonyl (C=O) groups excluding carboxylic acids is 2. The maximum Gasteiger partial charge on any atom is 0.339 e. The second-order valence-corrected chi connectivity index (χ2v) is 4.12. The Hall–Kier alpha value is -2.63. The van der Waals surface area contributed by atoms with E-state index in [4.69, 9.17) is 4.42 Å². The van der Waals surface area contributed by atoms with E-state index in [1.807, 2.05) is 0 Å². The fourth-order valence-electron chi connectivity index (χ4n) is 1.72. The number of rotatable bonds is 4. The molecule has 1 aromatic carbocycles. The number of nitrogens with zero attached hydrogens (tertiary/aromatic N) is 1. The third-order valence-corrected chi connectivity index (χ3v) is 2.77. The first kappa shape index (κ1) is 13.8. The van der Waals surface area contributed by atoms with E-state index >= 15 is 0 Å². The number of carbonyl (C=O) groups is 2. The van der Waals surface area contributed by atoms with Gasteiger partial charge in [0.05, 0.1) is 30.5 Å². The fraction of sp³-hybridized carbons (Fsp3) is 0.214. The van der Waals surface area contributed by atoms with Gasteiger partial charge in [0.25, 0.3) is 0 Å². The van der Waals surface area contributed by atoms with Gasteiger partial charge in [-0.2, -0.15) is 0 Å². The van der Waals surface area contributed by atoms with E-state index < -0.39 is 5.97 Å². The van der Waals surface area contributed by atoms with Crippen molar-refractivity contribution in [3.8, 4) is 0 Å². The Balaban J connectivity index is 2.12. The highest BCUT2D eigenvalue weighted by Gasteiger charge is 2.15. The molecule has 0 atom stereocenters. The lowest BCUT2D eigenvalue weighted by Crippen LogP contribution is -2.17. The largest absolute Gasteiger partial charge is 0.465 e. The molecule has 6 heteroatoms. The maximum absolute atomic E-state index is 11.9. The minimum atomic E-state index is -0.503. The fourth-order valence-corrected chi connectivity index (χ4v) is 1.72. The molecule has 20 heavy (non-hydrogen) atoms. The Morgan fingerprint density at radius 3 is 2.75 bits per heavy atom. The molecule has 1 N–H and O–H groups in total. The summed E-state index contributed by atoms with van der Waals surface area (Å²) in [4.78, 5) is 27.4. The van der Waals surface area contributed by atoms with Crippen LogP contribution in [0.3, 0.4) is 0 Å². The Labute approximate surface area is 115 Å². The molecule has 6 nitrogen and oxygen atoms in total. The van der Waals surface area contributed by atoms with E-state index in [1.165, 1.54) is 13.5 Å². The monoisotopic (exact) mass is 274 g/mol. The first-order valence-electron chi connectivity index (χ1n) is 5.98. The van der Waals surface area contributed by atoms with Gasteiger partial charge < -0.3 is 14.5 Å². The van der Waals surface area contributed by atoms with Crippen molar-refractivity contribution in [2.24, 2.45) is 0 Å². The van der Waals surface area contributed by atoms with Crippen molar-refractivity contribution in [2.75, 3.05) is 12.4 Å². The number of ether oxygens (including phenoxy) is 1. The Kier molecular flexibility index (Phi) is 4.14. The summed E-state index contributed by atoms with van der Waals surface area (Å²) >= 11 is 0. The third-order valence-electron chi connectivity index (χ3n) is 2.77. The lowest BCUT2D eigenvalue weighted by molar-refractivity contribution is -0.115. The molecule has 1 amide bonds. The van der Waals surface area contributed by atoms with Crippen LogP contribution in [0.2, 0.25) is 0 Å². The average molecular weight is 274 g/mol. The zero-order valence-corrected chi connectivity index (χ0v) is 11.2. The Morgan fingerprint density at radius 1 is 1.35 bits per heavy atom. The molecule has 0 saturated carbocycles. The van der Waals surface area contributed by atoms with Gasteiger partial charge in [0, 0.05) is 0 Å². The van der Waals surface area contributed by atoms with Crippen LogP contribution in [-0.4, -0.2) is 24.0 Å². The highest BCUT2D eigenvalue weighted by Crippen LogP contribution is 2.16. The summed E-state index contributed by atoms with van der Waals surface area (Å²) < 4.78 is 9.77. The molecular weight excluding hydrogens is 260 g/mol. The number of aryl methyl sites for hydroxylation is 1. The molecule has 0 aliphatic rings. The number of aromatic nitrogens is 1. The number of para-hydroxylation sites is 1. The molecule has 0 bridgehead atoms. The number of anilines is 1. The van der Waals surface area contributed by atoms with Crippen LogP contribution in [0.25, 0.3) is 0 Å². The average Bonchev–Trinajstić information content (AvgIpc) is 2.84. The van der Waals surface area contributed by atoms with Crippen molar-refractivity contribution >= 4 is 17.6 Å². The van der Waals surface area contributed by atoms with E-state index in [0.29, 0.717) is 22.7 Å². The minimum Gasteiger partial charge on any atom is -0.465 e. The molecule has 1 heterocycles. The molecule has 0 saturated heterocycles. The molecule has 1 aromatic heterocycles. The van der Waals surface area contributed by atoms with Crippen LogP contribution in [0, 0.1) is 6.92 Å². The van der Waals surface area contributed by atoms with Crippen LogP contribution in [0.5, 0.6) is 0 Å². The predicted molar refractivity (Wildman–Crippen MR) is 71.4 cm³/mol. The van der Waals surface area contributed by atoms with Crippen LogP contribution in [0.4, 0.5) is 5.69 Å². The summed E-state index contributed by atoms with van der Waals surface area (Å²) in [6, 6.07) is 6.64. The van der Waals surface area contributed by atoms with Crippen LogP contribution in [-0.2, 0) is 16.0 Å². The number of esters is 1. The number of nitrogens with one attached hydrogen (secondary N) is 1. The zero-order chi connectivity index (χ0) is 14.5. The van der Waals surface area contributed by atoms with Gasteiger partial charge in [-0.05, 0) is 19.1 Å². The van der Waals surface area contributed by atoms with Crippen molar-refractivity contribution in [3.63, 3.8) is 0 Å². The highest BCUT2D eigenvalue weighted by molar-refractivity contribution is 6.01. The first-order chi connectivity index (χ1) is 9.61. The van der Waals surface area contributed by atoms with E-state index in [-0.39, 0.29) is 12.3 Å². The topological polar surface area (TPSA) is 81.4 Å². The number of benzene rings is 1. The zero-order valence-electron chi connectivity index (χ0n) is 11.2. The van der Waals surface area contributed by atoms with E-state index in [9.17, 15) is 9.59 Å². The summed E-state index contributed by atoms with van der Waals surface area (Å²) in [6.07, 6.45) is 1.35. The molecule has 2 aromatic rings. The van der Waals surface area contributed by atoms with Crippen LogP contribution in [0.15, 0.2) is 35.1 Å². The third kappa shape index (κ3) is 3.03. The van der Waals surface area contributed by atoms with Gasteiger partial charge in [-0.15, -0.1) is 0 Å². The number of hydrogen-bond donors (Lipinski definition) is 1. The van der Waals surface area contributed by atoms with Crippen LogP contribution in [0.1, 0.15) is 21.8 Å². The standard InChI is InChI=1S/C14H14N2O4/c1-9-12(20-8-15-9)7-13(17)16-11-6-4-3-5-10(11)14(18)19-2/h3-6,8H,7H2,1-2H3,(H,16,17). The van der Waals surface area contributed by atoms with E-state index in [0.717, 1.165) is 0 Å². The highest BCUT2D eigenvalue weighted by atomic mass is 16.5. The van der Waals surface area contributed by atoms with E-state index in [2.05, 4.69) is 15.0 Å². The van der Waals surface area contributed by atoms with Gasteiger partial charge in [-0.25, -0.2) is 9.78 Å². The molecule has 0 unspecified atom stereocenters. The van der Waals surface area contributed by atoms with Crippen LogP contribution >= 0.6 is 0 Å². The first-order valence-corrected chi connectivity index (χ1v) is 5.98. The van der Waals surface area contributed by atoms with Gasteiger partial charge in [-0.3, -0.25) is 4.79 Å². The van der Waals surface area contributed by atoms with Crippen LogP contribution < -0.4 is 5.32 Å². The number of oxazole rings is 1. The number of amides is 1. The van der Waals surface area contributed by atoms with Crippen molar-refractivity contribution < 1.29 is 18.7 Å². The summed E-state index contributed by atoms with van der Waals surface area (Å²) in [5, 5.41) is 2.66. The van der Waals surface area contributed by atoms with Gasteiger partial charge in [0.1, 0.15) is 5.76 Å². The SMILES string of the molecule is COC(=O)c1ccccc1NC(=O)Cc1ocnc1C. The smallest absolute Gasteiger partial charge is 0.339 e. The quantitative estimate of drug-likeness (QED) is 0.862. The van der Waals surface area contributed by atoms with E-state index in [1.54, 1.807) is 31.2 Å². The van der Waals surface area contributed by atoms with Crippen molar-refractivity contribution in [2.45, 2.75) is 13.3 Å². The number of hydrogen-bond acceptors (Lipinski definition) is 5. The molecule has 0 radical (unpaired) electrons. The lowest BCUT2D eigenvalue weighted by atomic mass is 10.1. The predicted octanol–water partition coefficient (Wildman–Crippen LogP) is 1.95. The number of methoxy groups -OCH3 is 1. The lowest BCUT2D eigenvalue weighted by Gasteiger charge is -2.08. The second-order valence-electron chi connectivity index (χ2n) is 4.12. The molecular formula is C14H14N2O4. The molecule has 0 aliphatic heterocycles. The molecule has 0 aliphatic carbocycles. The Bertz CT molecular complexity index is 634. The maximum atomic E-state index is 11.9. The van der Waals surface area contributed by atoms with Gasteiger partial charge in [-0.1, -0.05) is 12.1 Å². The molecule has 0 spiro atoms. The second kappa shape index (κ2) is 6.01. The summed E-state index contributed by atoms with van der Waals surface area (Å²) in [5.41, 5.74) is 1.38. The summed E-state index contributed by atoms with van der Waals surface area (Å²) in [5.74, 6) is -0.295. The van der Waals surface area contributed by atoms with Gasteiger partial charge in [0.15, 0.2) is 6.39 Å². The van der Waals surface area contributed by atoms with Gasteiger partial charge in [0.2, 0.25) is 5.91 Å². The molecule has 2 rings (SSSR count). The summed E-state index contributed by atoms with van der Waals surface area (Å²) in [7, 11) is 1.29. The van der Waals surface area contributed by atoms with Crippen molar-refractivity contribution in [1.29, 1.82) is 0 Å². The molecule has 104 valence electrons.